The molecule has 0 bridgehead atoms. The van der Waals surface area contributed by atoms with E-state index in [4.69, 9.17) is 11.6 Å². The maximum Gasteiger partial charge on any atom is 0.278 e. The number of aryl methyl sites for hydroxylation is 2. The van der Waals surface area contributed by atoms with Gasteiger partial charge in [-0.2, -0.15) is 0 Å². The third-order valence-corrected chi connectivity index (χ3v) is 4.15. The Labute approximate surface area is 145 Å². The molecule has 3 rings (SSSR count). The Bertz CT molecular complexity index is 917. The minimum atomic E-state index is -0.292. The van der Waals surface area contributed by atoms with Gasteiger partial charge in [0.05, 0.1) is 16.4 Å². The third kappa shape index (κ3) is 3.03. The number of rotatable bonds is 3. The molecule has 24 heavy (non-hydrogen) atoms. The summed E-state index contributed by atoms with van der Waals surface area (Å²) in [7, 11) is 0. The van der Waals surface area contributed by atoms with Crippen molar-refractivity contribution in [1.82, 2.24) is 15.0 Å². The number of para-hydroxylation sites is 1. The Morgan fingerprint density at radius 1 is 1.12 bits per heavy atom. The van der Waals surface area contributed by atoms with Crippen molar-refractivity contribution in [3.05, 3.63) is 70.0 Å². The minimum Gasteiger partial charge on any atom is -0.320 e. The predicted octanol–water partition coefficient (Wildman–Crippen LogP) is 4.10. The van der Waals surface area contributed by atoms with Gasteiger partial charge in [-0.1, -0.05) is 41.1 Å². The van der Waals surface area contributed by atoms with Crippen molar-refractivity contribution in [3.63, 3.8) is 0 Å². The van der Waals surface area contributed by atoms with Crippen LogP contribution in [0.2, 0.25) is 5.02 Å². The summed E-state index contributed by atoms with van der Waals surface area (Å²) in [5, 5.41) is 11.5. The van der Waals surface area contributed by atoms with Gasteiger partial charge in [-0.15, -0.1) is 5.10 Å². The summed E-state index contributed by atoms with van der Waals surface area (Å²) < 4.78 is 1.57. The van der Waals surface area contributed by atoms with Gasteiger partial charge in [0.1, 0.15) is 0 Å². The van der Waals surface area contributed by atoms with E-state index < -0.39 is 0 Å². The molecule has 0 radical (unpaired) electrons. The van der Waals surface area contributed by atoms with Gasteiger partial charge in [-0.25, -0.2) is 4.68 Å². The summed E-state index contributed by atoms with van der Waals surface area (Å²) in [5.74, 6) is -0.292. The number of nitrogens with one attached hydrogen (secondary N) is 1. The van der Waals surface area contributed by atoms with Crippen LogP contribution in [0.15, 0.2) is 42.5 Å². The summed E-state index contributed by atoms with van der Waals surface area (Å²) in [6, 6.07) is 13.2. The molecule has 0 spiro atoms. The van der Waals surface area contributed by atoms with Crippen LogP contribution in [0, 0.1) is 20.8 Å². The lowest BCUT2D eigenvalue weighted by molar-refractivity contribution is 0.102. The summed E-state index contributed by atoms with van der Waals surface area (Å²) in [6.07, 6.45) is 0. The molecule has 1 heterocycles. The van der Waals surface area contributed by atoms with Crippen LogP contribution < -0.4 is 5.32 Å². The first-order valence-corrected chi connectivity index (χ1v) is 7.91. The number of carbonyl (C=O) groups is 1. The van der Waals surface area contributed by atoms with Crippen LogP contribution in [0.4, 0.5) is 5.69 Å². The fraction of sp³-hybridized carbons (Fsp3) is 0.167. The minimum absolute atomic E-state index is 0.274. The Kier molecular flexibility index (Phi) is 4.36. The Balaban J connectivity index is 1.92. The van der Waals surface area contributed by atoms with E-state index in [2.05, 4.69) is 15.6 Å². The average Bonchev–Trinajstić information content (AvgIpc) is 2.93. The number of amides is 1. The van der Waals surface area contributed by atoms with Crippen LogP contribution in [0.25, 0.3) is 5.69 Å². The van der Waals surface area contributed by atoms with E-state index in [1.54, 1.807) is 17.7 Å². The zero-order valence-corrected chi connectivity index (χ0v) is 14.4. The van der Waals surface area contributed by atoms with Crippen molar-refractivity contribution in [2.24, 2.45) is 0 Å². The molecular formula is C18H17ClN4O. The highest BCUT2D eigenvalue weighted by Crippen LogP contribution is 2.22. The summed E-state index contributed by atoms with van der Waals surface area (Å²) in [4.78, 5) is 12.6. The van der Waals surface area contributed by atoms with E-state index in [9.17, 15) is 4.79 Å². The lowest BCUT2D eigenvalue weighted by Gasteiger charge is -2.09. The number of carbonyl (C=O) groups excluding carboxylic acids is 1. The second-order valence-electron chi connectivity index (χ2n) is 5.66. The lowest BCUT2D eigenvalue weighted by Crippen LogP contribution is -2.15. The fourth-order valence-electron chi connectivity index (χ4n) is 2.44. The van der Waals surface area contributed by atoms with Crippen molar-refractivity contribution in [2.75, 3.05) is 5.32 Å². The second-order valence-corrected chi connectivity index (χ2v) is 6.07. The maximum atomic E-state index is 12.6. The number of hydrogen-bond acceptors (Lipinski definition) is 3. The van der Waals surface area contributed by atoms with Gasteiger partial charge in [0.15, 0.2) is 5.69 Å². The van der Waals surface area contributed by atoms with E-state index in [-0.39, 0.29) is 11.6 Å². The van der Waals surface area contributed by atoms with Crippen molar-refractivity contribution >= 4 is 23.2 Å². The molecule has 1 amide bonds. The van der Waals surface area contributed by atoms with Gasteiger partial charge < -0.3 is 5.32 Å². The van der Waals surface area contributed by atoms with Crippen LogP contribution in [0.3, 0.4) is 0 Å². The highest BCUT2D eigenvalue weighted by molar-refractivity contribution is 6.32. The molecule has 1 aromatic heterocycles. The Hall–Kier alpha value is -2.66. The number of benzene rings is 2. The molecule has 0 aliphatic rings. The molecule has 0 saturated carbocycles. The van der Waals surface area contributed by atoms with E-state index in [0.717, 1.165) is 16.8 Å². The van der Waals surface area contributed by atoms with Gasteiger partial charge in [0, 0.05) is 5.69 Å². The van der Waals surface area contributed by atoms with E-state index >= 15 is 0 Å². The highest BCUT2D eigenvalue weighted by atomic mass is 35.5. The molecule has 6 heteroatoms. The first kappa shape index (κ1) is 16.2. The van der Waals surface area contributed by atoms with Crippen LogP contribution in [-0.4, -0.2) is 20.9 Å². The van der Waals surface area contributed by atoms with Crippen molar-refractivity contribution in [2.45, 2.75) is 20.8 Å². The average molecular weight is 341 g/mol. The summed E-state index contributed by atoms with van der Waals surface area (Å²) in [5.41, 5.74) is 4.43. The number of halogens is 1. The molecule has 3 aromatic rings. The Morgan fingerprint density at radius 3 is 2.62 bits per heavy atom. The first-order valence-electron chi connectivity index (χ1n) is 7.53. The molecule has 1 N–H and O–H groups in total. The highest BCUT2D eigenvalue weighted by Gasteiger charge is 2.19. The molecule has 0 fully saturated rings. The fourth-order valence-corrected chi connectivity index (χ4v) is 2.66. The quantitative estimate of drug-likeness (QED) is 0.781. The van der Waals surface area contributed by atoms with Crippen molar-refractivity contribution in [1.29, 1.82) is 0 Å². The van der Waals surface area contributed by atoms with Crippen molar-refractivity contribution in [3.8, 4) is 5.69 Å². The number of hydrogen-bond donors (Lipinski definition) is 1. The summed E-state index contributed by atoms with van der Waals surface area (Å²) >= 11 is 6.20. The number of anilines is 1. The maximum absolute atomic E-state index is 12.6. The smallest absolute Gasteiger partial charge is 0.278 e. The summed E-state index contributed by atoms with van der Waals surface area (Å²) in [6.45, 7) is 5.72. The molecule has 0 aliphatic carbocycles. The molecule has 0 unspecified atom stereocenters. The molecule has 0 aliphatic heterocycles. The molecular weight excluding hydrogens is 324 g/mol. The molecule has 122 valence electrons. The standard InChI is InChI=1S/C18H17ClN4O/c1-11-8-9-12(2)15(10-11)20-18(24)17-13(3)23(22-21-17)16-7-5-4-6-14(16)19/h4-10H,1-3H3,(H,20,24). The molecule has 0 atom stereocenters. The van der Waals surface area contributed by atoms with E-state index in [0.29, 0.717) is 16.4 Å². The van der Waals surface area contributed by atoms with Crippen LogP contribution >= 0.6 is 11.6 Å². The largest absolute Gasteiger partial charge is 0.320 e. The zero-order chi connectivity index (χ0) is 17.3. The van der Waals surface area contributed by atoms with E-state index in [1.807, 2.05) is 50.2 Å². The van der Waals surface area contributed by atoms with E-state index in [1.165, 1.54) is 0 Å². The lowest BCUT2D eigenvalue weighted by atomic mass is 10.1. The van der Waals surface area contributed by atoms with Gasteiger partial charge in [0.2, 0.25) is 0 Å². The van der Waals surface area contributed by atoms with Gasteiger partial charge in [0.25, 0.3) is 5.91 Å². The SMILES string of the molecule is Cc1ccc(C)c(NC(=O)c2nnn(-c3ccccc3Cl)c2C)c1. The Morgan fingerprint density at radius 2 is 1.88 bits per heavy atom. The molecule has 5 nitrogen and oxygen atoms in total. The second kappa shape index (κ2) is 6.45. The van der Waals surface area contributed by atoms with Gasteiger partial charge >= 0.3 is 0 Å². The molecule has 0 saturated heterocycles. The van der Waals surface area contributed by atoms with Crippen molar-refractivity contribution < 1.29 is 4.79 Å². The van der Waals surface area contributed by atoms with Gasteiger partial charge in [-0.3, -0.25) is 4.79 Å². The van der Waals surface area contributed by atoms with Crippen LogP contribution in [-0.2, 0) is 0 Å². The predicted molar refractivity (Wildman–Crippen MR) is 95.0 cm³/mol. The molecule has 2 aromatic carbocycles. The van der Waals surface area contributed by atoms with Gasteiger partial charge in [-0.05, 0) is 50.1 Å². The normalized spacial score (nSPS) is 10.7. The van der Waals surface area contributed by atoms with Crippen LogP contribution in [0.5, 0.6) is 0 Å². The topological polar surface area (TPSA) is 59.8 Å². The number of nitrogens with zero attached hydrogens (tertiary/aromatic N) is 3. The van der Waals surface area contributed by atoms with Crippen LogP contribution in [0.1, 0.15) is 27.3 Å². The monoisotopic (exact) mass is 340 g/mol. The number of aromatic nitrogens is 3. The third-order valence-electron chi connectivity index (χ3n) is 3.83. The zero-order valence-electron chi connectivity index (χ0n) is 13.7. The first-order chi connectivity index (χ1) is 11.5.